The van der Waals surface area contributed by atoms with E-state index < -0.39 is 47.4 Å². The van der Waals surface area contributed by atoms with Crippen LogP contribution in [0.25, 0.3) is 0 Å². The molecule has 0 bridgehead atoms. The van der Waals surface area contributed by atoms with Crippen molar-refractivity contribution in [1.82, 2.24) is 0 Å². The standard InChI is InChI=1S/C44H56BrClO2Si2.C38H42BrClO2Si/c1-9-49(10-2,11-3)47-43(30-32-44(33-31-43,38-16-15-17-39(45)34-38)48-50(12-4,13-5)14-6)37-20-18-35(19-21-37)41(7)26-28-42(8,29-27-41)36-22-24-40(46)25-23-36;1-6-43(7-2,8-3)42-38(32-10-9-11-33(39)28-32)26-24-37(41,25-27-38)31-14-12-29(13-15-31)35(4)20-22-36(5,23-21-35)30-16-18-34(40)19-17-30/h15-34H,9-14H2,1-8H3;9-28,41H,6-8H2,1-5H3. The summed E-state index contributed by atoms with van der Waals surface area (Å²) in [5, 5.41) is 13.4. The summed E-state index contributed by atoms with van der Waals surface area (Å²) in [6.07, 6.45) is 35.7. The van der Waals surface area contributed by atoms with Crippen LogP contribution in [-0.4, -0.2) is 30.1 Å². The molecule has 6 aromatic carbocycles. The van der Waals surface area contributed by atoms with Gasteiger partial charge in [-0.1, -0.05) is 263 Å². The van der Waals surface area contributed by atoms with E-state index in [0.29, 0.717) is 0 Å². The van der Waals surface area contributed by atoms with Crippen LogP contribution in [0.3, 0.4) is 0 Å². The van der Waals surface area contributed by atoms with E-state index in [1.165, 1.54) is 22.3 Å². The lowest BCUT2D eigenvalue weighted by atomic mass is 9.70. The molecule has 0 heterocycles. The van der Waals surface area contributed by atoms with Crippen molar-refractivity contribution in [3.63, 3.8) is 0 Å². The molecule has 0 fully saturated rings. The van der Waals surface area contributed by atoms with Gasteiger partial charge in [0, 0.05) is 40.7 Å². The molecule has 4 aliphatic rings. The summed E-state index contributed by atoms with van der Waals surface area (Å²) in [5.41, 5.74) is 4.98. The van der Waals surface area contributed by atoms with Crippen molar-refractivity contribution in [2.45, 2.75) is 188 Å². The molecular formula is C82H98Br2Cl2O4Si3. The van der Waals surface area contributed by atoms with Crippen LogP contribution in [0.5, 0.6) is 0 Å². The molecule has 0 amide bonds. The quantitative estimate of drug-likeness (QED) is 0.0513. The molecule has 0 spiro atoms. The average molecular weight is 1460 g/mol. The summed E-state index contributed by atoms with van der Waals surface area (Å²) in [6.45, 7) is 29.6. The predicted molar refractivity (Wildman–Crippen MR) is 410 cm³/mol. The maximum Gasteiger partial charge on any atom is 0.194 e. The highest BCUT2D eigenvalue weighted by atomic mass is 79.9. The first-order valence-electron chi connectivity index (χ1n) is 34.0. The third-order valence-corrected chi connectivity index (χ3v) is 37.2. The first kappa shape index (κ1) is 72.5. The van der Waals surface area contributed by atoms with E-state index in [1.54, 1.807) is 0 Å². The van der Waals surface area contributed by atoms with Gasteiger partial charge in [0.2, 0.25) is 0 Å². The number of allylic oxidation sites excluding steroid dienone is 8. The van der Waals surface area contributed by atoms with E-state index in [0.717, 1.165) is 95.6 Å². The zero-order chi connectivity index (χ0) is 67.2. The van der Waals surface area contributed by atoms with Crippen molar-refractivity contribution in [2.24, 2.45) is 0 Å². The van der Waals surface area contributed by atoms with Crippen molar-refractivity contribution in [2.75, 3.05) is 0 Å². The zero-order valence-corrected chi connectivity index (χ0v) is 64.8. The van der Waals surface area contributed by atoms with Gasteiger partial charge < -0.3 is 18.4 Å². The highest BCUT2D eigenvalue weighted by Gasteiger charge is 2.47. The lowest BCUT2D eigenvalue weighted by Crippen LogP contribution is -2.48. The minimum Gasteiger partial charge on any atom is -0.401 e. The topological polar surface area (TPSA) is 47.9 Å². The van der Waals surface area contributed by atoms with Crippen molar-refractivity contribution in [3.8, 4) is 0 Å². The van der Waals surface area contributed by atoms with Crippen molar-refractivity contribution in [3.05, 3.63) is 306 Å². The molecule has 93 heavy (non-hydrogen) atoms. The fourth-order valence-corrected chi connectivity index (χ4v) is 23.7. The van der Waals surface area contributed by atoms with Gasteiger partial charge in [-0.15, -0.1) is 0 Å². The second kappa shape index (κ2) is 29.2. The minimum absolute atomic E-state index is 0.176. The van der Waals surface area contributed by atoms with E-state index in [1.807, 2.05) is 60.7 Å². The second-order valence-electron chi connectivity index (χ2n) is 27.2. The number of halogens is 4. The SMILES string of the molecule is CC[Si](CC)(CC)OC1(c2ccc(C3(C)C=CC(C)(c4ccc(Cl)cc4)C=C3)cc2)C=CC(O[Si](CC)(CC)CC)(c2cccc(Br)c2)C=C1.CC[Si](CC)(CC)OC1(c2cccc(Br)c2)C=CC(O)(c2ccc(C3(C)C=CC(C)(c4ccc(Cl)cc4)C=C3)cc2)C=C1. The molecule has 0 radical (unpaired) electrons. The number of aliphatic hydroxyl groups is 1. The lowest BCUT2D eigenvalue weighted by molar-refractivity contribution is 0.113. The Morgan fingerprint density at radius 1 is 0.301 bits per heavy atom. The molecule has 6 aromatic rings. The lowest BCUT2D eigenvalue weighted by Gasteiger charge is -2.46. The second-order valence-corrected chi connectivity index (χ2v) is 44.0. The van der Waals surface area contributed by atoms with Crippen LogP contribution in [0.2, 0.25) is 64.4 Å². The van der Waals surface area contributed by atoms with Crippen LogP contribution in [0, 0.1) is 0 Å². The first-order chi connectivity index (χ1) is 44.2. The highest BCUT2D eigenvalue weighted by Crippen LogP contribution is 2.49. The first-order valence-corrected chi connectivity index (χ1v) is 43.9. The summed E-state index contributed by atoms with van der Waals surface area (Å²) >= 11 is 19.7. The van der Waals surface area contributed by atoms with Crippen LogP contribution in [-0.2, 0) is 57.3 Å². The van der Waals surface area contributed by atoms with Gasteiger partial charge in [-0.3, -0.25) is 0 Å². The van der Waals surface area contributed by atoms with E-state index in [-0.39, 0.29) is 21.7 Å². The predicted octanol–water partition coefficient (Wildman–Crippen LogP) is 24.4. The number of hydrogen-bond acceptors (Lipinski definition) is 4. The maximum absolute atomic E-state index is 11.9. The summed E-state index contributed by atoms with van der Waals surface area (Å²) in [7, 11) is -6.05. The summed E-state index contributed by atoms with van der Waals surface area (Å²) in [4.78, 5) is 0. The van der Waals surface area contributed by atoms with Gasteiger partial charge in [0.05, 0.1) is 0 Å². The fraction of sp³-hybridized carbons (Fsp3) is 0.366. The minimum atomic E-state index is -2.05. The van der Waals surface area contributed by atoms with Gasteiger partial charge in [0.15, 0.2) is 25.0 Å². The van der Waals surface area contributed by atoms with E-state index in [4.69, 9.17) is 36.5 Å². The van der Waals surface area contributed by atoms with Gasteiger partial charge in [-0.05, 0) is 224 Å². The molecular weight excluding hydrogens is 1360 g/mol. The number of rotatable bonds is 23. The molecule has 0 saturated carbocycles. The molecule has 11 heteroatoms. The molecule has 0 atom stereocenters. The molecule has 490 valence electrons. The van der Waals surface area contributed by atoms with Crippen LogP contribution >= 0.6 is 55.1 Å². The number of hydrogen-bond donors (Lipinski definition) is 1. The summed E-state index contributed by atoms with van der Waals surface area (Å²) < 4.78 is 24.2. The van der Waals surface area contributed by atoms with Gasteiger partial charge in [0.25, 0.3) is 0 Å². The third kappa shape index (κ3) is 15.2. The number of benzene rings is 6. The Morgan fingerprint density at radius 3 is 0.785 bits per heavy atom. The van der Waals surface area contributed by atoms with Crippen LogP contribution in [0.15, 0.2) is 252 Å². The summed E-state index contributed by atoms with van der Waals surface area (Å²) in [6, 6.07) is 60.3. The average Bonchev–Trinajstić information content (AvgIpc) is 0.773. The zero-order valence-electron chi connectivity index (χ0n) is 57.1. The Balaban J connectivity index is 0.000000222. The molecule has 4 aliphatic carbocycles. The fourth-order valence-electron chi connectivity index (χ4n) is 14.0. The largest absolute Gasteiger partial charge is 0.401 e. The van der Waals surface area contributed by atoms with Crippen LogP contribution in [0.4, 0.5) is 0 Å². The van der Waals surface area contributed by atoms with Gasteiger partial charge in [-0.2, -0.15) is 0 Å². The van der Waals surface area contributed by atoms with Crippen molar-refractivity contribution < 1.29 is 18.4 Å². The summed E-state index contributed by atoms with van der Waals surface area (Å²) in [5.74, 6) is 0. The third-order valence-electron chi connectivity index (χ3n) is 21.8. The van der Waals surface area contributed by atoms with E-state index in [2.05, 4.69) is 304 Å². The highest BCUT2D eigenvalue weighted by molar-refractivity contribution is 9.10. The Morgan fingerprint density at radius 2 is 0.527 bits per heavy atom. The Labute approximate surface area is 588 Å². The smallest absolute Gasteiger partial charge is 0.194 e. The molecule has 0 saturated heterocycles. The molecule has 10 rings (SSSR count). The van der Waals surface area contributed by atoms with E-state index >= 15 is 0 Å². The molecule has 0 aromatic heterocycles. The van der Waals surface area contributed by atoms with Crippen molar-refractivity contribution in [1.29, 1.82) is 0 Å². The Kier molecular flexibility index (Phi) is 22.7. The van der Waals surface area contributed by atoms with E-state index in [9.17, 15) is 5.11 Å². The molecule has 0 aliphatic heterocycles. The Bertz CT molecular complexity index is 3710. The van der Waals surface area contributed by atoms with Crippen LogP contribution < -0.4 is 0 Å². The van der Waals surface area contributed by atoms with Gasteiger partial charge in [0.1, 0.15) is 22.4 Å². The Hall–Kier alpha value is -4.73. The van der Waals surface area contributed by atoms with Crippen molar-refractivity contribution >= 4 is 80.0 Å². The maximum atomic E-state index is 11.9. The molecule has 1 N–H and O–H groups in total. The normalized spacial score (nSPS) is 27.3. The van der Waals surface area contributed by atoms with Gasteiger partial charge >= 0.3 is 0 Å². The molecule has 4 nitrogen and oxygen atoms in total. The van der Waals surface area contributed by atoms with Crippen LogP contribution in [0.1, 0.15) is 135 Å². The van der Waals surface area contributed by atoms with Gasteiger partial charge in [-0.25, -0.2) is 0 Å². The molecule has 0 unspecified atom stereocenters. The monoisotopic (exact) mass is 1460 g/mol.